The summed E-state index contributed by atoms with van der Waals surface area (Å²) in [5, 5.41) is 1.53. The molecule has 0 aromatic carbocycles. The average molecular weight is 131 g/mol. The maximum Gasteiger partial charge on any atom is 0.285 e. The third kappa shape index (κ3) is 2.69. The number of hydrogen-bond donors (Lipinski definition) is 0. The van der Waals surface area contributed by atoms with Crippen LogP contribution in [-0.4, -0.2) is 24.2 Å². The first-order valence-electron chi connectivity index (χ1n) is 2.17. The molecule has 0 heterocycles. The largest absolute Gasteiger partial charge is 0.339 e. The Labute approximate surface area is 53.6 Å². The number of nitrogens with zero attached hydrogens (tertiary/aromatic N) is 1. The van der Waals surface area contributed by atoms with Crippen LogP contribution in [0.5, 0.6) is 0 Å². The quantitative estimate of drug-likeness (QED) is 0.538. The summed E-state index contributed by atoms with van der Waals surface area (Å²) in [6.07, 6.45) is 0. The standard InChI is InChI=1S/C5H9NOS/c1-4-8-5(7)6(2)3/h4H,1H2,2-3H3. The number of rotatable bonds is 1. The van der Waals surface area contributed by atoms with Gasteiger partial charge in [0.15, 0.2) is 0 Å². The average Bonchev–Trinajstić information content (AvgIpc) is 1.67. The van der Waals surface area contributed by atoms with E-state index in [1.54, 1.807) is 14.1 Å². The Morgan fingerprint density at radius 1 is 1.75 bits per heavy atom. The van der Waals surface area contributed by atoms with E-state index in [0.29, 0.717) is 0 Å². The summed E-state index contributed by atoms with van der Waals surface area (Å²) in [4.78, 5) is 12.1. The van der Waals surface area contributed by atoms with E-state index >= 15 is 0 Å². The van der Waals surface area contributed by atoms with E-state index in [1.807, 2.05) is 0 Å². The van der Waals surface area contributed by atoms with Crippen molar-refractivity contribution < 1.29 is 4.79 Å². The Balaban J connectivity index is 3.48. The van der Waals surface area contributed by atoms with Crippen molar-refractivity contribution in [1.29, 1.82) is 0 Å². The van der Waals surface area contributed by atoms with Gasteiger partial charge in [0.1, 0.15) is 0 Å². The summed E-state index contributed by atoms with van der Waals surface area (Å²) < 4.78 is 0. The summed E-state index contributed by atoms with van der Waals surface area (Å²) in [6, 6.07) is 0. The number of amides is 1. The highest BCUT2D eigenvalue weighted by Crippen LogP contribution is 2.04. The van der Waals surface area contributed by atoms with Gasteiger partial charge in [-0.1, -0.05) is 6.58 Å². The fraction of sp³-hybridized carbons (Fsp3) is 0.400. The molecular weight excluding hydrogens is 122 g/mol. The summed E-state index contributed by atoms with van der Waals surface area (Å²) in [5.41, 5.74) is 0. The SMILES string of the molecule is C=CSC(=O)N(C)C. The van der Waals surface area contributed by atoms with Crippen molar-refractivity contribution in [3.63, 3.8) is 0 Å². The molecule has 0 saturated carbocycles. The van der Waals surface area contributed by atoms with E-state index in [1.165, 1.54) is 10.3 Å². The summed E-state index contributed by atoms with van der Waals surface area (Å²) >= 11 is 1.09. The molecule has 0 aliphatic rings. The van der Waals surface area contributed by atoms with Crippen molar-refractivity contribution in [2.45, 2.75) is 0 Å². The maximum atomic E-state index is 10.6. The minimum absolute atomic E-state index is 0.0139. The van der Waals surface area contributed by atoms with Crippen molar-refractivity contribution in [3.8, 4) is 0 Å². The van der Waals surface area contributed by atoms with Crippen molar-refractivity contribution >= 4 is 17.0 Å². The first-order valence-corrected chi connectivity index (χ1v) is 3.05. The van der Waals surface area contributed by atoms with Gasteiger partial charge < -0.3 is 4.90 Å². The second kappa shape index (κ2) is 3.55. The lowest BCUT2D eigenvalue weighted by molar-refractivity contribution is 0.241. The molecule has 46 valence electrons. The molecule has 0 N–H and O–H groups in total. The van der Waals surface area contributed by atoms with Crippen molar-refractivity contribution in [1.82, 2.24) is 4.90 Å². The predicted octanol–water partition coefficient (Wildman–Crippen LogP) is 1.54. The molecule has 0 fully saturated rings. The molecule has 0 atom stereocenters. The second-order valence-electron chi connectivity index (χ2n) is 1.44. The van der Waals surface area contributed by atoms with Crippen molar-refractivity contribution in [2.75, 3.05) is 14.1 Å². The minimum Gasteiger partial charge on any atom is -0.339 e. The van der Waals surface area contributed by atoms with E-state index in [2.05, 4.69) is 6.58 Å². The van der Waals surface area contributed by atoms with Crippen LogP contribution in [0.25, 0.3) is 0 Å². The van der Waals surface area contributed by atoms with Crippen LogP contribution in [0, 0.1) is 0 Å². The molecule has 0 aliphatic carbocycles. The zero-order valence-corrected chi connectivity index (χ0v) is 5.86. The van der Waals surface area contributed by atoms with Gasteiger partial charge in [0.25, 0.3) is 5.24 Å². The van der Waals surface area contributed by atoms with Gasteiger partial charge in [-0.25, -0.2) is 0 Å². The zero-order chi connectivity index (χ0) is 6.57. The Morgan fingerprint density at radius 3 is 2.38 bits per heavy atom. The van der Waals surface area contributed by atoms with Crippen LogP contribution in [0.15, 0.2) is 12.0 Å². The monoisotopic (exact) mass is 131 g/mol. The van der Waals surface area contributed by atoms with Crippen LogP contribution in [0.1, 0.15) is 0 Å². The van der Waals surface area contributed by atoms with Crippen LogP contribution in [0.3, 0.4) is 0 Å². The topological polar surface area (TPSA) is 20.3 Å². The number of carbonyl (C=O) groups is 1. The van der Waals surface area contributed by atoms with Gasteiger partial charge in [0, 0.05) is 14.1 Å². The molecule has 0 saturated heterocycles. The first kappa shape index (κ1) is 7.56. The van der Waals surface area contributed by atoms with E-state index in [-0.39, 0.29) is 5.24 Å². The highest BCUT2D eigenvalue weighted by Gasteiger charge is 1.98. The molecule has 0 spiro atoms. The number of hydrogen-bond acceptors (Lipinski definition) is 2. The molecule has 0 unspecified atom stereocenters. The summed E-state index contributed by atoms with van der Waals surface area (Å²) in [5.74, 6) is 0. The summed E-state index contributed by atoms with van der Waals surface area (Å²) in [7, 11) is 3.41. The van der Waals surface area contributed by atoms with Gasteiger partial charge in [-0.2, -0.15) is 0 Å². The maximum absolute atomic E-state index is 10.6. The predicted molar refractivity (Wildman–Crippen MR) is 36.9 cm³/mol. The molecule has 8 heavy (non-hydrogen) atoms. The molecule has 1 amide bonds. The molecule has 2 nitrogen and oxygen atoms in total. The Hall–Kier alpha value is -0.440. The van der Waals surface area contributed by atoms with Gasteiger partial charge in [-0.05, 0) is 17.2 Å². The first-order chi connectivity index (χ1) is 3.68. The lowest BCUT2D eigenvalue weighted by Gasteiger charge is -2.05. The van der Waals surface area contributed by atoms with Crippen LogP contribution < -0.4 is 0 Å². The van der Waals surface area contributed by atoms with E-state index in [0.717, 1.165) is 11.8 Å². The van der Waals surface area contributed by atoms with Gasteiger partial charge in [-0.15, -0.1) is 0 Å². The molecular formula is C5H9NOS. The lowest BCUT2D eigenvalue weighted by Crippen LogP contribution is -2.15. The zero-order valence-electron chi connectivity index (χ0n) is 5.05. The van der Waals surface area contributed by atoms with Gasteiger partial charge in [-0.3, -0.25) is 4.79 Å². The fourth-order valence-corrected chi connectivity index (χ4v) is 0.530. The molecule has 3 heteroatoms. The molecule has 0 aliphatic heterocycles. The highest BCUT2D eigenvalue weighted by atomic mass is 32.2. The Bertz CT molecular complexity index is 101. The van der Waals surface area contributed by atoms with Gasteiger partial charge in [0.05, 0.1) is 0 Å². The molecule has 0 bridgehead atoms. The van der Waals surface area contributed by atoms with Crippen LogP contribution in [0.4, 0.5) is 4.79 Å². The Morgan fingerprint density at radius 2 is 2.25 bits per heavy atom. The molecule has 0 rings (SSSR count). The van der Waals surface area contributed by atoms with E-state index in [4.69, 9.17) is 0 Å². The molecule has 0 aromatic rings. The van der Waals surface area contributed by atoms with Crippen LogP contribution >= 0.6 is 11.8 Å². The van der Waals surface area contributed by atoms with Gasteiger partial charge in [0.2, 0.25) is 0 Å². The number of carbonyl (C=O) groups excluding carboxylic acids is 1. The summed E-state index contributed by atoms with van der Waals surface area (Å²) in [6.45, 7) is 3.40. The molecule has 0 radical (unpaired) electrons. The van der Waals surface area contributed by atoms with Crippen LogP contribution in [0.2, 0.25) is 0 Å². The van der Waals surface area contributed by atoms with Crippen molar-refractivity contribution in [2.24, 2.45) is 0 Å². The molecule has 0 aromatic heterocycles. The second-order valence-corrected chi connectivity index (χ2v) is 2.36. The third-order valence-electron chi connectivity index (χ3n) is 0.549. The number of thioether (sulfide) groups is 1. The minimum atomic E-state index is 0.0139. The Kier molecular flexibility index (Phi) is 3.35. The smallest absolute Gasteiger partial charge is 0.285 e. The normalized spacial score (nSPS) is 8.25. The van der Waals surface area contributed by atoms with Crippen molar-refractivity contribution in [3.05, 3.63) is 12.0 Å². The van der Waals surface area contributed by atoms with E-state index < -0.39 is 0 Å². The third-order valence-corrected chi connectivity index (χ3v) is 1.28. The van der Waals surface area contributed by atoms with Gasteiger partial charge >= 0.3 is 0 Å². The van der Waals surface area contributed by atoms with E-state index in [9.17, 15) is 4.79 Å². The van der Waals surface area contributed by atoms with Crippen LogP contribution in [-0.2, 0) is 0 Å². The fourth-order valence-electron chi connectivity index (χ4n) is 0.177. The highest BCUT2D eigenvalue weighted by molar-refractivity contribution is 8.16. The lowest BCUT2D eigenvalue weighted by atomic mass is 11.0.